The number of hydrogen-bond acceptors (Lipinski definition) is 2. The van der Waals surface area contributed by atoms with Crippen molar-refractivity contribution in [1.29, 1.82) is 0 Å². The van der Waals surface area contributed by atoms with Crippen molar-refractivity contribution in [3.05, 3.63) is 29.8 Å². The maximum absolute atomic E-state index is 5.15. The number of ether oxygens (including phenoxy) is 1. The van der Waals surface area contributed by atoms with Crippen LogP contribution in [0.4, 0.5) is 0 Å². The maximum atomic E-state index is 5.15. The van der Waals surface area contributed by atoms with E-state index in [9.17, 15) is 0 Å². The zero-order valence-corrected chi connectivity index (χ0v) is 11.0. The molecule has 2 nitrogen and oxygen atoms in total. The summed E-state index contributed by atoms with van der Waals surface area (Å²) in [6, 6.07) is 8.31. The maximum Gasteiger partial charge on any atom is 0.118 e. The lowest BCUT2D eigenvalue weighted by molar-refractivity contribution is 0.124. The summed E-state index contributed by atoms with van der Waals surface area (Å²) < 4.78 is 5.15. The second-order valence-electron chi connectivity index (χ2n) is 5.16. The third kappa shape index (κ3) is 3.01. The molecule has 1 aromatic rings. The van der Waals surface area contributed by atoms with Crippen molar-refractivity contribution in [2.45, 2.75) is 39.2 Å². The molecule has 0 spiro atoms. The Balaban J connectivity index is 1.77. The van der Waals surface area contributed by atoms with Gasteiger partial charge < -0.3 is 10.1 Å². The number of methoxy groups -OCH3 is 1. The molecule has 0 unspecified atom stereocenters. The SMILES string of the molecule is CCC1(CNCc2ccc(OC)cc2)CCC1. The number of benzene rings is 1. The minimum atomic E-state index is 0.604. The van der Waals surface area contributed by atoms with Crippen LogP contribution in [0.2, 0.25) is 0 Å². The fourth-order valence-electron chi connectivity index (χ4n) is 2.55. The number of nitrogens with one attached hydrogen (secondary N) is 1. The minimum absolute atomic E-state index is 0.604. The molecule has 17 heavy (non-hydrogen) atoms. The van der Waals surface area contributed by atoms with E-state index < -0.39 is 0 Å². The Kier molecular flexibility index (Phi) is 4.06. The molecule has 1 N–H and O–H groups in total. The smallest absolute Gasteiger partial charge is 0.118 e. The summed E-state index contributed by atoms with van der Waals surface area (Å²) in [5.74, 6) is 0.928. The normalized spacial score (nSPS) is 17.5. The Morgan fingerprint density at radius 3 is 2.41 bits per heavy atom. The third-order valence-electron chi connectivity index (χ3n) is 4.15. The number of hydrogen-bond donors (Lipinski definition) is 1. The van der Waals surface area contributed by atoms with Gasteiger partial charge in [0.25, 0.3) is 0 Å². The Morgan fingerprint density at radius 1 is 1.24 bits per heavy atom. The molecule has 94 valence electrons. The average molecular weight is 233 g/mol. The van der Waals surface area contributed by atoms with E-state index in [1.807, 2.05) is 12.1 Å². The van der Waals surface area contributed by atoms with Crippen LogP contribution in [0.1, 0.15) is 38.2 Å². The van der Waals surface area contributed by atoms with Crippen LogP contribution >= 0.6 is 0 Å². The third-order valence-corrected chi connectivity index (χ3v) is 4.15. The Morgan fingerprint density at radius 2 is 1.94 bits per heavy atom. The lowest BCUT2D eigenvalue weighted by atomic mass is 9.67. The average Bonchev–Trinajstić information content (AvgIpc) is 2.33. The van der Waals surface area contributed by atoms with Crippen LogP contribution in [0.25, 0.3) is 0 Å². The summed E-state index contributed by atoms with van der Waals surface area (Å²) in [5, 5.41) is 3.59. The zero-order chi connectivity index (χ0) is 12.1. The van der Waals surface area contributed by atoms with Gasteiger partial charge in [-0.15, -0.1) is 0 Å². The van der Waals surface area contributed by atoms with Crippen molar-refractivity contribution in [3.8, 4) is 5.75 Å². The lowest BCUT2D eigenvalue weighted by Gasteiger charge is -2.41. The first kappa shape index (κ1) is 12.4. The summed E-state index contributed by atoms with van der Waals surface area (Å²) in [4.78, 5) is 0. The van der Waals surface area contributed by atoms with Crippen LogP contribution in [-0.4, -0.2) is 13.7 Å². The van der Waals surface area contributed by atoms with Crippen LogP contribution in [0.3, 0.4) is 0 Å². The summed E-state index contributed by atoms with van der Waals surface area (Å²) in [5.41, 5.74) is 1.93. The van der Waals surface area contributed by atoms with Crippen molar-refractivity contribution in [2.24, 2.45) is 5.41 Å². The molecule has 0 aliphatic heterocycles. The molecule has 0 amide bonds. The Labute approximate surface area is 104 Å². The lowest BCUT2D eigenvalue weighted by Crippen LogP contribution is -2.39. The van der Waals surface area contributed by atoms with E-state index >= 15 is 0 Å². The fraction of sp³-hybridized carbons (Fsp3) is 0.600. The van der Waals surface area contributed by atoms with Gasteiger partial charge in [0.05, 0.1) is 7.11 Å². The van der Waals surface area contributed by atoms with E-state index in [0.717, 1.165) is 18.8 Å². The topological polar surface area (TPSA) is 21.3 Å². The molecule has 0 heterocycles. The highest BCUT2D eigenvalue weighted by atomic mass is 16.5. The van der Waals surface area contributed by atoms with E-state index in [2.05, 4.69) is 24.4 Å². The molecule has 0 aromatic heterocycles. The predicted molar refractivity (Wildman–Crippen MR) is 71.3 cm³/mol. The minimum Gasteiger partial charge on any atom is -0.497 e. The van der Waals surface area contributed by atoms with Gasteiger partial charge in [-0.3, -0.25) is 0 Å². The molecule has 1 aromatic carbocycles. The van der Waals surface area contributed by atoms with E-state index in [1.54, 1.807) is 7.11 Å². The summed E-state index contributed by atoms with van der Waals surface area (Å²) in [7, 11) is 1.70. The second-order valence-corrected chi connectivity index (χ2v) is 5.16. The first-order valence-corrected chi connectivity index (χ1v) is 6.62. The predicted octanol–water partition coefficient (Wildman–Crippen LogP) is 3.37. The molecule has 2 rings (SSSR count). The van der Waals surface area contributed by atoms with Crippen molar-refractivity contribution in [2.75, 3.05) is 13.7 Å². The van der Waals surface area contributed by atoms with E-state index in [4.69, 9.17) is 4.74 Å². The summed E-state index contributed by atoms with van der Waals surface area (Å²) in [6.07, 6.45) is 5.53. The molecule has 1 aliphatic carbocycles. The quantitative estimate of drug-likeness (QED) is 0.813. The van der Waals surface area contributed by atoms with Crippen LogP contribution in [-0.2, 0) is 6.54 Å². The highest BCUT2D eigenvalue weighted by Crippen LogP contribution is 2.43. The first-order valence-electron chi connectivity index (χ1n) is 6.62. The largest absolute Gasteiger partial charge is 0.497 e. The highest BCUT2D eigenvalue weighted by molar-refractivity contribution is 5.27. The van der Waals surface area contributed by atoms with Gasteiger partial charge in [0.1, 0.15) is 5.75 Å². The molecular weight excluding hydrogens is 210 g/mol. The van der Waals surface area contributed by atoms with Gasteiger partial charge >= 0.3 is 0 Å². The van der Waals surface area contributed by atoms with Crippen molar-refractivity contribution < 1.29 is 4.74 Å². The Hall–Kier alpha value is -1.02. The highest BCUT2D eigenvalue weighted by Gasteiger charge is 2.34. The molecule has 2 heteroatoms. The number of rotatable bonds is 6. The molecule has 0 bridgehead atoms. The van der Waals surface area contributed by atoms with Gasteiger partial charge in [-0.25, -0.2) is 0 Å². The second kappa shape index (κ2) is 5.54. The van der Waals surface area contributed by atoms with Crippen LogP contribution in [0.15, 0.2) is 24.3 Å². The zero-order valence-electron chi connectivity index (χ0n) is 11.0. The van der Waals surface area contributed by atoms with Crippen LogP contribution < -0.4 is 10.1 Å². The van der Waals surface area contributed by atoms with Gasteiger partial charge in [0, 0.05) is 13.1 Å². The summed E-state index contributed by atoms with van der Waals surface area (Å²) in [6.45, 7) is 4.44. The van der Waals surface area contributed by atoms with Gasteiger partial charge in [0.2, 0.25) is 0 Å². The van der Waals surface area contributed by atoms with E-state index in [1.165, 1.54) is 31.2 Å². The van der Waals surface area contributed by atoms with Crippen molar-refractivity contribution >= 4 is 0 Å². The van der Waals surface area contributed by atoms with E-state index in [0.29, 0.717) is 5.41 Å². The van der Waals surface area contributed by atoms with Gasteiger partial charge in [-0.05, 0) is 42.4 Å². The molecule has 1 saturated carbocycles. The summed E-state index contributed by atoms with van der Waals surface area (Å²) >= 11 is 0. The van der Waals surface area contributed by atoms with Crippen molar-refractivity contribution in [1.82, 2.24) is 5.32 Å². The van der Waals surface area contributed by atoms with Gasteiger partial charge in [-0.1, -0.05) is 25.5 Å². The monoisotopic (exact) mass is 233 g/mol. The molecular formula is C15H23NO. The molecule has 0 saturated heterocycles. The van der Waals surface area contributed by atoms with Crippen LogP contribution in [0.5, 0.6) is 5.75 Å². The van der Waals surface area contributed by atoms with Gasteiger partial charge in [0.15, 0.2) is 0 Å². The van der Waals surface area contributed by atoms with E-state index in [-0.39, 0.29) is 0 Å². The van der Waals surface area contributed by atoms with Gasteiger partial charge in [-0.2, -0.15) is 0 Å². The molecule has 1 fully saturated rings. The Bertz CT molecular complexity index is 335. The van der Waals surface area contributed by atoms with Crippen molar-refractivity contribution in [3.63, 3.8) is 0 Å². The standard InChI is InChI=1S/C15H23NO/c1-3-15(9-4-10-15)12-16-11-13-5-7-14(17-2)8-6-13/h5-8,16H,3-4,9-12H2,1-2H3. The van der Waals surface area contributed by atoms with Crippen LogP contribution in [0, 0.1) is 5.41 Å². The molecule has 0 atom stereocenters. The fourth-order valence-corrected chi connectivity index (χ4v) is 2.55. The molecule has 1 aliphatic rings. The molecule has 0 radical (unpaired) electrons. The first-order chi connectivity index (χ1) is 8.28.